The molecular formula is C23H35IN4O3. The molecule has 0 saturated heterocycles. The third kappa shape index (κ3) is 8.82. The van der Waals surface area contributed by atoms with Crippen molar-refractivity contribution in [2.75, 3.05) is 48.5 Å². The van der Waals surface area contributed by atoms with Crippen LogP contribution in [-0.2, 0) is 13.1 Å². The van der Waals surface area contributed by atoms with E-state index in [0.717, 1.165) is 37.6 Å². The van der Waals surface area contributed by atoms with E-state index in [9.17, 15) is 0 Å². The molecule has 7 nitrogen and oxygen atoms in total. The third-order valence-corrected chi connectivity index (χ3v) is 4.71. The van der Waals surface area contributed by atoms with Gasteiger partial charge in [0.05, 0.1) is 21.3 Å². The van der Waals surface area contributed by atoms with Crippen LogP contribution in [0.25, 0.3) is 0 Å². The summed E-state index contributed by atoms with van der Waals surface area (Å²) in [6, 6.07) is 14.4. The Kier molecular flexibility index (Phi) is 12.8. The van der Waals surface area contributed by atoms with Gasteiger partial charge in [0.25, 0.3) is 0 Å². The number of hydrogen-bond donors (Lipinski definition) is 2. The molecule has 0 unspecified atom stereocenters. The van der Waals surface area contributed by atoms with Crippen LogP contribution in [0.15, 0.2) is 47.5 Å². The van der Waals surface area contributed by atoms with Crippen molar-refractivity contribution in [3.05, 3.63) is 53.6 Å². The van der Waals surface area contributed by atoms with E-state index in [2.05, 4.69) is 51.8 Å². The highest BCUT2D eigenvalue weighted by Gasteiger charge is 2.13. The van der Waals surface area contributed by atoms with E-state index in [-0.39, 0.29) is 24.0 Å². The third-order valence-electron chi connectivity index (χ3n) is 4.71. The fourth-order valence-electron chi connectivity index (χ4n) is 3.17. The SMILES string of the molecule is CN=C(NCCCN(C)Cc1ccccc1)NCc1cc(OC)c(OC)c(OC)c1.I. The molecule has 0 spiro atoms. The van der Waals surface area contributed by atoms with E-state index in [1.165, 1.54) is 5.56 Å². The lowest BCUT2D eigenvalue weighted by Gasteiger charge is -2.18. The van der Waals surface area contributed by atoms with Crippen molar-refractivity contribution >= 4 is 29.9 Å². The van der Waals surface area contributed by atoms with Gasteiger partial charge in [-0.2, -0.15) is 0 Å². The largest absolute Gasteiger partial charge is 0.493 e. The average Bonchev–Trinajstić information content (AvgIpc) is 2.78. The van der Waals surface area contributed by atoms with Gasteiger partial charge in [-0.25, -0.2) is 0 Å². The first-order chi connectivity index (χ1) is 14.6. The summed E-state index contributed by atoms with van der Waals surface area (Å²) < 4.78 is 16.2. The Morgan fingerprint density at radius 1 is 0.935 bits per heavy atom. The fraction of sp³-hybridized carbons (Fsp3) is 0.435. The number of rotatable bonds is 11. The summed E-state index contributed by atoms with van der Waals surface area (Å²) in [5.41, 5.74) is 2.34. The van der Waals surface area contributed by atoms with Crippen molar-refractivity contribution in [2.45, 2.75) is 19.5 Å². The summed E-state index contributed by atoms with van der Waals surface area (Å²) in [4.78, 5) is 6.62. The molecule has 0 aliphatic heterocycles. The number of aliphatic imine (C=N–C) groups is 1. The maximum Gasteiger partial charge on any atom is 0.203 e. The van der Waals surface area contributed by atoms with Crippen molar-refractivity contribution in [1.29, 1.82) is 0 Å². The Balaban J connectivity index is 0.00000480. The normalized spacial score (nSPS) is 11.0. The van der Waals surface area contributed by atoms with Gasteiger partial charge in [0.15, 0.2) is 17.5 Å². The van der Waals surface area contributed by atoms with E-state index in [1.54, 1.807) is 28.4 Å². The summed E-state index contributed by atoms with van der Waals surface area (Å²) in [7, 11) is 8.74. The van der Waals surface area contributed by atoms with Gasteiger partial charge in [-0.1, -0.05) is 30.3 Å². The average molecular weight is 542 g/mol. The number of halogens is 1. The minimum absolute atomic E-state index is 0. The molecule has 2 aromatic carbocycles. The molecule has 2 N–H and O–H groups in total. The maximum atomic E-state index is 5.41. The van der Waals surface area contributed by atoms with E-state index in [1.807, 2.05) is 18.2 Å². The number of nitrogens with zero attached hydrogens (tertiary/aromatic N) is 2. The van der Waals surface area contributed by atoms with Crippen LogP contribution in [0.4, 0.5) is 0 Å². The predicted molar refractivity (Wildman–Crippen MR) is 137 cm³/mol. The molecule has 0 fully saturated rings. The zero-order chi connectivity index (χ0) is 21.8. The Bertz CT molecular complexity index is 778. The molecule has 0 aliphatic carbocycles. The molecule has 0 atom stereocenters. The van der Waals surface area contributed by atoms with E-state index < -0.39 is 0 Å². The van der Waals surface area contributed by atoms with Gasteiger partial charge < -0.3 is 29.7 Å². The number of methoxy groups -OCH3 is 3. The van der Waals surface area contributed by atoms with Crippen LogP contribution in [0, 0.1) is 0 Å². The molecular weight excluding hydrogens is 507 g/mol. The highest BCUT2D eigenvalue weighted by Crippen LogP contribution is 2.38. The zero-order valence-electron chi connectivity index (χ0n) is 19.1. The van der Waals surface area contributed by atoms with E-state index in [0.29, 0.717) is 23.8 Å². The Labute approximate surface area is 203 Å². The van der Waals surface area contributed by atoms with Crippen LogP contribution >= 0.6 is 24.0 Å². The molecule has 0 saturated carbocycles. The summed E-state index contributed by atoms with van der Waals surface area (Å²) in [6.07, 6.45) is 1.02. The van der Waals surface area contributed by atoms with Gasteiger partial charge in [-0.15, -0.1) is 24.0 Å². The molecule has 31 heavy (non-hydrogen) atoms. The van der Waals surface area contributed by atoms with Crippen LogP contribution in [0.2, 0.25) is 0 Å². The highest BCUT2D eigenvalue weighted by molar-refractivity contribution is 14.0. The Morgan fingerprint density at radius 3 is 2.13 bits per heavy atom. The minimum Gasteiger partial charge on any atom is -0.493 e. The van der Waals surface area contributed by atoms with Crippen molar-refractivity contribution in [1.82, 2.24) is 15.5 Å². The standard InChI is InChI=1S/C23H34N4O3.HI/c1-24-23(25-12-9-13-27(2)17-18-10-7-6-8-11-18)26-16-19-14-20(28-3)22(30-5)21(15-19)29-4;/h6-8,10-11,14-15H,9,12-13,16-17H2,1-5H3,(H2,24,25,26);1H. The van der Waals surface area contributed by atoms with Crippen LogP contribution in [0.1, 0.15) is 17.5 Å². The van der Waals surface area contributed by atoms with Crippen molar-refractivity contribution in [3.8, 4) is 17.2 Å². The summed E-state index contributed by atoms with van der Waals surface area (Å²) in [5, 5.41) is 6.69. The first-order valence-electron chi connectivity index (χ1n) is 10.1. The summed E-state index contributed by atoms with van der Waals surface area (Å²) >= 11 is 0. The molecule has 0 radical (unpaired) electrons. The Morgan fingerprint density at radius 2 is 1.58 bits per heavy atom. The van der Waals surface area contributed by atoms with Gasteiger partial charge in [-0.3, -0.25) is 4.99 Å². The number of ether oxygens (including phenoxy) is 3. The van der Waals surface area contributed by atoms with Gasteiger partial charge in [-0.05, 0) is 43.3 Å². The van der Waals surface area contributed by atoms with Gasteiger partial charge in [0, 0.05) is 26.7 Å². The number of hydrogen-bond acceptors (Lipinski definition) is 5. The number of benzene rings is 2. The molecule has 0 amide bonds. The van der Waals surface area contributed by atoms with Crippen LogP contribution in [0.5, 0.6) is 17.2 Å². The number of nitrogens with one attached hydrogen (secondary N) is 2. The molecule has 8 heteroatoms. The molecule has 0 bridgehead atoms. The zero-order valence-corrected chi connectivity index (χ0v) is 21.4. The lowest BCUT2D eigenvalue weighted by Crippen LogP contribution is -2.38. The van der Waals surface area contributed by atoms with Crippen LogP contribution in [0.3, 0.4) is 0 Å². The number of guanidine groups is 1. The lowest BCUT2D eigenvalue weighted by atomic mass is 10.2. The first kappa shape index (κ1) is 26.8. The topological polar surface area (TPSA) is 67.4 Å². The van der Waals surface area contributed by atoms with Crippen molar-refractivity contribution in [3.63, 3.8) is 0 Å². The molecule has 172 valence electrons. The van der Waals surface area contributed by atoms with Crippen molar-refractivity contribution < 1.29 is 14.2 Å². The minimum atomic E-state index is 0. The van der Waals surface area contributed by atoms with Gasteiger partial charge in [0.1, 0.15) is 0 Å². The van der Waals surface area contributed by atoms with Gasteiger partial charge >= 0.3 is 0 Å². The molecule has 0 heterocycles. The van der Waals surface area contributed by atoms with Gasteiger partial charge in [0.2, 0.25) is 5.75 Å². The van der Waals surface area contributed by atoms with E-state index in [4.69, 9.17) is 14.2 Å². The monoisotopic (exact) mass is 542 g/mol. The summed E-state index contributed by atoms with van der Waals surface area (Å²) in [5.74, 6) is 2.62. The van der Waals surface area contributed by atoms with Crippen molar-refractivity contribution in [2.24, 2.45) is 4.99 Å². The first-order valence-corrected chi connectivity index (χ1v) is 10.1. The molecule has 2 rings (SSSR count). The molecule has 0 aromatic heterocycles. The van der Waals surface area contributed by atoms with Crippen LogP contribution in [-0.4, -0.2) is 59.4 Å². The quantitative estimate of drug-likeness (QED) is 0.196. The van der Waals surface area contributed by atoms with E-state index >= 15 is 0 Å². The second-order valence-corrected chi connectivity index (χ2v) is 6.96. The predicted octanol–water partition coefficient (Wildman–Crippen LogP) is 3.52. The summed E-state index contributed by atoms with van der Waals surface area (Å²) in [6.45, 7) is 3.39. The highest BCUT2D eigenvalue weighted by atomic mass is 127. The smallest absolute Gasteiger partial charge is 0.203 e. The fourth-order valence-corrected chi connectivity index (χ4v) is 3.17. The lowest BCUT2D eigenvalue weighted by molar-refractivity contribution is 0.322. The second kappa shape index (κ2) is 14.7. The molecule has 0 aliphatic rings. The Hall–Kier alpha value is -2.20. The second-order valence-electron chi connectivity index (χ2n) is 6.96. The molecule has 2 aromatic rings. The maximum absolute atomic E-state index is 5.41. The van der Waals surface area contributed by atoms with Crippen LogP contribution < -0.4 is 24.8 Å².